The highest BCUT2D eigenvalue weighted by molar-refractivity contribution is 5.85. The molecule has 0 radical (unpaired) electrons. The number of nitrogens with zero attached hydrogens (tertiary/aromatic N) is 1. The summed E-state index contributed by atoms with van der Waals surface area (Å²) < 4.78 is 6.37. The Morgan fingerprint density at radius 3 is 2.30 bits per heavy atom. The number of rotatable bonds is 5. The van der Waals surface area contributed by atoms with Crippen LogP contribution in [0.1, 0.15) is 37.3 Å². The Kier molecular flexibility index (Phi) is 6.79. The minimum absolute atomic E-state index is 0. The van der Waals surface area contributed by atoms with Crippen molar-refractivity contribution in [2.75, 3.05) is 13.6 Å². The van der Waals surface area contributed by atoms with Gasteiger partial charge in [-0.3, -0.25) is 4.90 Å². The van der Waals surface area contributed by atoms with Crippen LogP contribution in [-0.4, -0.2) is 40.0 Å². The molecule has 2 aromatic rings. The van der Waals surface area contributed by atoms with E-state index in [2.05, 4.69) is 50.1 Å². The summed E-state index contributed by atoms with van der Waals surface area (Å²) in [7, 11) is 2.05. The number of piperidine rings is 1. The molecule has 148 valence electrons. The Labute approximate surface area is 168 Å². The monoisotopic (exact) mass is 391 g/mol. The van der Waals surface area contributed by atoms with E-state index >= 15 is 0 Å². The molecule has 1 aliphatic rings. The van der Waals surface area contributed by atoms with Crippen molar-refractivity contribution in [1.29, 1.82) is 0 Å². The fraction of sp³-hybridized carbons (Fsp3) is 0.455. The van der Waals surface area contributed by atoms with Crippen LogP contribution < -0.4 is 4.74 Å². The number of aliphatic hydroxyl groups is 1. The van der Waals surface area contributed by atoms with Crippen molar-refractivity contribution >= 4 is 12.4 Å². The first-order valence-corrected chi connectivity index (χ1v) is 9.31. The molecule has 5 heteroatoms. The summed E-state index contributed by atoms with van der Waals surface area (Å²) in [5.74, 6) is 0.923. The van der Waals surface area contributed by atoms with E-state index in [-0.39, 0.29) is 18.2 Å². The molecule has 4 nitrogen and oxygen atoms in total. The Balaban J connectivity index is 0.00000261. The van der Waals surface area contributed by atoms with Gasteiger partial charge in [-0.15, -0.1) is 12.4 Å². The summed E-state index contributed by atoms with van der Waals surface area (Å²) in [6.07, 6.45) is 2.65. The normalized spacial score (nSPS) is 25.6. The summed E-state index contributed by atoms with van der Waals surface area (Å²) >= 11 is 0. The molecule has 0 amide bonds. The molecule has 2 unspecified atom stereocenters. The number of hydrogen-bond acceptors (Lipinski definition) is 4. The lowest BCUT2D eigenvalue weighted by Gasteiger charge is -2.50. The van der Waals surface area contributed by atoms with Gasteiger partial charge in [-0.1, -0.05) is 36.8 Å². The van der Waals surface area contributed by atoms with Crippen molar-refractivity contribution in [2.24, 2.45) is 0 Å². The summed E-state index contributed by atoms with van der Waals surface area (Å²) in [4.78, 5) is 2.20. The molecule has 0 bridgehead atoms. The van der Waals surface area contributed by atoms with Gasteiger partial charge in [0.15, 0.2) is 5.72 Å². The maximum absolute atomic E-state index is 11.4. The summed E-state index contributed by atoms with van der Waals surface area (Å²) in [5, 5.41) is 20.9. The molecular weight excluding hydrogens is 362 g/mol. The molecule has 0 spiro atoms. The molecule has 1 fully saturated rings. The van der Waals surface area contributed by atoms with Gasteiger partial charge in [-0.05, 0) is 56.6 Å². The van der Waals surface area contributed by atoms with E-state index in [1.807, 2.05) is 0 Å². The van der Waals surface area contributed by atoms with Gasteiger partial charge < -0.3 is 14.9 Å². The average Bonchev–Trinajstić information content (AvgIpc) is 2.62. The van der Waals surface area contributed by atoms with E-state index in [0.717, 1.165) is 24.9 Å². The topological polar surface area (TPSA) is 52.9 Å². The Hall–Kier alpha value is -1.75. The Morgan fingerprint density at radius 1 is 1.07 bits per heavy atom. The lowest BCUT2D eigenvalue weighted by Crippen LogP contribution is -2.61. The van der Waals surface area contributed by atoms with E-state index < -0.39 is 11.3 Å². The predicted octanol–water partition coefficient (Wildman–Crippen LogP) is 4.31. The molecule has 1 aliphatic heterocycles. The lowest BCUT2D eigenvalue weighted by atomic mass is 9.79. The molecule has 1 heterocycles. The van der Waals surface area contributed by atoms with Crippen LogP contribution in [0.2, 0.25) is 0 Å². The molecule has 1 saturated heterocycles. The van der Waals surface area contributed by atoms with E-state index in [0.29, 0.717) is 18.6 Å². The molecule has 0 aliphatic carbocycles. The number of likely N-dealkylation sites (tertiary alicyclic amines) is 1. The molecule has 2 aromatic carbocycles. The number of ether oxygens (including phenoxy) is 1. The summed E-state index contributed by atoms with van der Waals surface area (Å²) in [5.41, 5.74) is 1.02. The van der Waals surface area contributed by atoms with Gasteiger partial charge in [0, 0.05) is 19.4 Å². The van der Waals surface area contributed by atoms with Gasteiger partial charge in [0.05, 0.1) is 5.60 Å². The number of phenolic OH excluding ortho intramolecular Hbond substituents is 1. The Bertz CT molecular complexity index is 734. The molecule has 0 aromatic heterocycles. The zero-order valence-electron chi connectivity index (χ0n) is 16.3. The molecular formula is C22H30ClNO3. The van der Waals surface area contributed by atoms with E-state index in [1.54, 1.807) is 24.3 Å². The third-order valence-electron chi connectivity index (χ3n) is 5.56. The predicted molar refractivity (Wildman–Crippen MR) is 111 cm³/mol. The van der Waals surface area contributed by atoms with Crippen LogP contribution in [0, 0.1) is 6.92 Å². The van der Waals surface area contributed by atoms with Crippen LogP contribution in [0.5, 0.6) is 11.5 Å². The molecule has 27 heavy (non-hydrogen) atoms. The fourth-order valence-corrected chi connectivity index (χ4v) is 3.87. The van der Waals surface area contributed by atoms with Crippen molar-refractivity contribution in [3.8, 4) is 11.5 Å². The fourth-order valence-electron chi connectivity index (χ4n) is 3.87. The number of benzene rings is 2. The van der Waals surface area contributed by atoms with Crippen LogP contribution in [0.15, 0.2) is 48.5 Å². The molecule has 2 N–H and O–H groups in total. The molecule has 2 atom stereocenters. The molecule has 3 rings (SSSR count). The second kappa shape index (κ2) is 8.51. The van der Waals surface area contributed by atoms with E-state index in [9.17, 15) is 10.2 Å². The second-order valence-electron chi connectivity index (χ2n) is 7.63. The van der Waals surface area contributed by atoms with Gasteiger partial charge in [-0.25, -0.2) is 0 Å². The van der Waals surface area contributed by atoms with Crippen LogP contribution in [0.25, 0.3) is 0 Å². The van der Waals surface area contributed by atoms with Crippen LogP contribution in [-0.2, 0) is 6.42 Å². The van der Waals surface area contributed by atoms with Crippen molar-refractivity contribution < 1.29 is 14.9 Å². The average molecular weight is 392 g/mol. The first-order valence-electron chi connectivity index (χ1n) is 9.31. The smallest absolute Gasteiger partial charge is 0.165 e. The van der Waals surface area contributed by atoms with Crippen molar-refractivity contribution in [3.63, 3.8) is 0 Å². The number of halogens is 1. The van der Waals surface area contributed by atoms with Gasteiger partial charge in [0.25, 0.3) is 0 Å². The van der Waals surface area contributed by atoms with Gasteiger partial charge in [-0.2, -0.15) is 0 Å². The quantitative estimate of drug-likeness (QED) is 0.797. The summed E-state index contributed by atoms with van der Waals surface area (Å²) in [6.45, 7) is 4.93. The highest BCUT2D eigenvalue weighted by Crippen LogP contribution is 2.39. The number of phenols is 1. The number of aromatic hydroxyl groups is 1. The van der Waals surface area contributed by atoms with Crippen LogP contribution in [0.4, 0.5) is 0 Å². The standard InChI is InChI=1S/C22H29NO3.ClH/c1-4-22(26-20-11-9-19(24)10-12-20)16-21(25,13-14-23(22)3)15-18-7-5-17(2)6-8-18;/h5-12,24-25H,4,13-16H2,1-3H3;1H. The van der Waals surface area contributed by atoms with E-state index in [4.69, 9.17) is 4.74 Å². The van der Waals surface area contributed by atoms with Gasteiger partial charge in [0.1, 0.15) is 11.5 Å². The van der Waals surface area contributed by atoms with Gasteiger partial charge >= 0.3 is 0 Å². The largest absolute Gasteiger partial charge is 0.508 e. The van der Waals surface area contributed by atoms with Crippen molar-refractivity contribution in [3.05, 3.63) is 59.7 Å². The maximum Gasteiger partial charge on any atom is 0.165 e. The highest BCUT2D eigenvalue weighted by atomic mass is 35.5. The van der Waals surface area contributed by atoms with Crippen molar-refractivity contribution in [2.45, 2.75) is 50.9 Å². The lowest BCUT2D eigenvalue weighted by molar-refractivity contribution is -0.166. The Morgan fingerprint density at radius 2 is 1.70 bits per heavy atom. The van der Waals surface area contributed by atoms with Crippen LogP contribution in [0.3, 0.4) is 0 Å². The first kappa shape index (κ1) is 21.5. The molecule has 0 saturated carbocycles. The third-order valence-corrected chi connectivity index (χ3v) is 5.56. The van der Waals surface area contributed by atoms with E-state index in [1.165, 1.54) is 5.56 Å². The maximum atomic E-state index is 11.4. The van der Waals surface area contributed by atoms with Crippen LogP contribution >= 0.6 is 12.4 Å². The number of hydrogen-bond donors (Lipinski definition) is 2. The third kappa shape index (κ3) is 4.95. The second-order valence-corrected chi connectivity index (χ2v) is 7.63. The first-order chi connectivity index (χ1) is 12.3. The minimum atomic E-state index is -0.797. The zero-order valence-corrected chi connectivity index (χ0v) is 17.1. The number of aryl methyl sites for hydroxylation is 1. The van der Waals surface area contributed by atoms with Gasteiger partial charge in [0.2, 0.25) is 0 Å². The highest BCUT2D eigenvalue weighted by Gasteiger charge is 2.48. The summed E-state index contributed by atoms with van der Waals surface area (Å²) in [6, 6.07) is 15.2. The zero-order chi connectivity index (χ0) is 18.8. The SMILES string of the molecule is CCC1(Oc2ccc(O)cc2)CC(O)(Cc2ccc(C)cc2)CCN1C.Cl. The minimum Gasteiger partial charge on any atom is -0.508 e. The van der Waals surface area contributed by atoms with Crippen molar-refractivity contribution in [1.82, 2.24) is 4.90 Å².